The van der Waals surface area contributed by atoms with Crippen molar-refractivity contribution in [2.45, 2.75) is 12.5 Å². The number of methoxy groups -OCH3 is 1. The Hall–Kier alpha value is -1.27. The van der Waals surface area contributed by atoms with Crippen LogP contribution in [0.25, 0.3) is 0 Å². The van der Waals surface area contributed by atoms with E-state index in [0.717, 1.165) is 0 Å². The van der Waals surface area contributed by atoms with E-state index in [-0.39, 0.29) is 18.8 Å². The Morgan fingerprint density at radius 2 is 2.50 bits per heavy atom. The van der Waals surface area contributed by atoms with Crippen LogP contribution in [0.1, 0.15) is 5.82 Å². The zero-order valence-electron chi connectivity index (χ0n) is 8.30. The van der Waals surface area contributed by atoms with E-state index in [1.807, 2.05) is 0 Å². The van der Waals surface area contributed by atoms with Crippen LogP contribution in [0, 0.1) is 0 Å². The molecule has 0 spiro atoms. The lowest BCUT2D eigenvalue weighted by atomic mass is 10.1. The van der Waals surface area contributed by atoms with Crippen molar-refractivity contribution in [1.29, 1.82) is 0 Å². The second-order valence-corrected chi connectivity index (χ2v) is 3.00. The van der Waals surface area contributed by atoms with Crippen LogP contribution in [-0.4, -0.2) is 40.3 Å². The van der Waals surface area contributed by atoms with E-state index in [2.05, 4.69) is 10.1 Å². The van der Waals surface area contributed by atoms with Gasteiger partial charge in [-0.1, -0.05) is 0 Å². The lowest BCUT2D eigenvalue weighted by Gasteiger charge is -2.08. The summed E-state index contributed by atoms with van der Waals surface area (Å²) in [5.74, 6) is 0.518. The summed E-state index contributed by atoms with van der Waals surface area (Å²) in [6.45, 7) is 0.233. The molecule has 6 heteroatoms. The van der Waals surface area contributed by atoms with Gasteiger partial charge in [0, 0.05) is 14.2 Å². The molecule has 78 valence electrons. The molecule has 14 heavy (non-hydrogen) atoms. The lowest BCUT2D eigenvalue weighted by Crippen LogP contribution is -2.36. The first-order valence-corrected chi connectivity index (χ1v) is 4.25. The summed E-state index contributed by atoms with van der Waals surface area (Å²) in [6, 6.07) is -0.586. The molecule has 0 aromatic carbocycles. The number of rotatable bonds is 5. The number of carbonyl (C=O) groups is 1. The van der Waals surface area contributed by atoms with Gasteiger partial charge in [0.25, 0.3) is 0 Å². The molecule has 0 aliphatic carbocycles. The van der Waals surface area contributed by atoms with Crippen LogP contribution in [-0.2, 0) is 23.0 Å². The predicted octanol–water partition coefficient (Wildman–Crippen LogP) is -1.10. The predicted molar refractivity (Wildman–Crippen MR) is 49.6 cm³/mol. The van der Waals surface area contributed by atoms with Crippen molar-refractivity contribution in [3.63, 3.8) is 0 Å². The zero-order valence-corrected chi connectivity index (χ0v) is 8.30. The summed E-state index contributed by atoms with van der Waals surface area (Å²) in [6.07, 6.45) is 1.60. The van der Waals surface area contributed by atoms with Crippen LogP contribution in [0.5, 0.6) is 0 Å². The molecule has 0 radical (unpaired) electrons. The molecule has 1 rings (SSSR count). The Morgan fingerprint density at radius 3 is 3.00 bits per heavy atom. The summed E-state index contributed by atoms with van der Waals surface area (Å²) in [7, 11) is 3.24. The van der Waals surface area contributed by atoms with Gasteiger partial charge in [-0.25, -0.2) is 4.98 Å². The Labute approximate surface area is 82.1 Å². The molecule has 0 amide bonds. The summed E-state index contributed by atoms with van der Waals surface area (Å²) in [5.41, 5.74) is 5.56. The molecule has 1 atom stereocenters. The highest BCUT2D eigenvalue weighted by Gasteiger charge is 2.15. The minimum absolute atomic E-state index is 0.0945. The molecular formula is C8H14N4O2. The molecule has 1 heterocycles. The number of hydrogen-bond donors (Lipinski definition) is 1. The molecule has 6 nitrogen and oxygen atoms in total. The summed E-state index contributed by atoms with van der Waals surface area (Å²) < 4.78 is 6.34. The van der Waals surface area contributed by atoms with Crippen LogP contribution in [0.3, 0.4) is 0 Å². The minimum Gasteiger partial charge on any atom is -0.383 e. The first kappa shape index (κ1) is 10.8. The number of nitrogens with two attached hydrogens (primary N) is 1. The summed E-state index contributed by atoms with van der Waals surface area (Å²) in [4.78, 5) is 15.4. The maximum absolute atomic E-state index is 11.5. The lowest BCUT2D eigenvalue weighted by molar-refractivity contribution is -0.120. The second-order valence-electron chi connectivity index (χ2n) is 3.00. The third kappa shape index (κ3) is 2.61. The Kier molecular flexibility index (Phi) is 3.73. The topological polar surface area (TPSA) is 83.0 Å². The Morgan fingerprint density at radius 1 is 1.79 bits per heavy atom. The third-order valence-corrected chi connectivity index (χ3v) is 1.90. The highest BCUT2D eigenvalue weighted by molar-refractivity contribution is 5.85. The standard InChI is InChI=1S/C8H14N4O2/c1-12-8(10-5-11-12)3-7(13)6(9)4-14-2/h5-6H,3-4,9H2,1-2H3. The molecule has 0 bridgehead atoms. The number of aromatic nitrogens is 3. The number of aryl methyl sites for hydroxylation is 1. The Balaban J connectivity index is 2.53. The van der Waals surface area contributed by atoms with Gasteiger partial charge in [0.05, 0.1) is 19.1 Å². The van der Waals surface area contributed by atoms with Crippen molar-refractivity contribution in [2.24, 2.45) is 12.8 Å². The van der Waals surface area contributed by atoms with E-state index in [1.54, 1.807) is 11.7 Å². The smallest absolute Gasteiger partial charge is 0.159 e. The maximum atomic E-state index is 11.5. The third-order valence-electron chi connectivity index (χ3n) is 1.90. The van der Waals surface area contributed by atoms with Crippen LogP contribution < -0.4 is 5.73 Å². The first-order valence-electron chi connectivity index (χ1n) is 4.25. The van der Waals surface area contributed by atoms with E-state index < -0.39 is 6.04 Å². The van der Waals surface area contributed by atoms with Gasteiger partial charge < -0.3 is 10.5 Å². The van der Waals surface area contributed by atoms with Gasteiger partial charge in [0.1, 0.15) is 12.2 Å². The summed E-state index contributed by atoms with van der Waals surface area (Å²) >= 11 is 0. The number of ether oxygens (including phenoxy) is 1. The van der Waals surface area contributed by atoms with Crippen molar-refractivity contribution in [3.05, 3.63) is 12.2 Å². The van der Waals surface area contributed by atoms with E-state index >= 15 is 0 Å². The maximum Gasteiger partial charge on any atom is 0.159 e. The van der Waals surface area contributed by atoms with Gasteiger partial charge in [-0.05, 0) is 0 Å². The number of carbonyl (C=O) groups excluding carboxylic acids is 1. The van der Waals surface area contributed by atoms with Crippen LogP contribution >= 0.6 is 0 Å². The van der Waals surface area contributed by atoms with E-state index in [4.69, 9.17) is 10.5 Å². The van der Waals surface area contributed by atoms with E-state index in [0.29, 0.717) is 5.82 Å². The van der Waals surface area contributed by atoms with Crippen molar-refractivity contribution >= 4 is 5.78 Å². The molecule has 0 aliphatic heterocycles. The quantitative estimate of drug-likeness (QED) is 0.649. The van der Waals surface area contributed by atoms with Gasteiger partial charge in [0.15, 0.2) is 5.78 Å². The van der Waals surface area contributed by atoms with Gasteiger partial charge in [-0.3, -0.25) is 9.48 Å². The molecule has 0 saturated heterocycles. The normalized spacial score (nSPS) is 12.8. The van der Waals surface area contributed by atoms with Crippen LogP contribution in [0.4, 0.5) is 0 Å². The van der Waals surface area contributed by atoms with Gasteiger partial charge >= 0.3 is 0 Å². The highest BCUT2D eigenvalue weighted by atomic mass is 16.5. The second kappa shape index (κ2) is 4.83. The molecule has 1 aromatic rings. The molecule has 2 N–H and O–H groups in total. The minimum atomic E-state index is -0.586. The fourth-order valence-electron chi connectivity index (χ4n) is 1.04. The molecule has 0 fully saturated rings. The van der Waals surface area contributed by atoms with E-state index in [1.165, 1.54) is 13.4 Å². The average Bonchev–Trinajstić information content (AvgIpc) is 2.52. The largest absolute Gasteiger partial charge is 0.383 e. The van der Waals surface area contributed by atoms with Crippen molar-refractivity contribution in [1.82, 2.24) is 14.8 Å². The molecule has 1 aromatic heterocycles. The number of Topliss-reactive ketones (excluding diaryl/α,β-unsaturated/α-hetero) is 1. The number of nitrogens with zero attached hydrogens (tertiary/aromatic N) is 3. The van der Waals surface area contributed by atoms with Crippen molar-refractivity contribution in [2.75, 3.05) is 13.7 Å². The Bertz CT molecular complexity index is 310. The first-order chi connectivity index (χ1) is 6.65. The molecule has 1 unspecified atom stereocenters. The van der Waals surface area contributed by atoms with Gasteiger partial charge in [-0.2, -0.15) is 5.10 Å². The van der Waals surface area contributed by atoms with Gasteiger partial charge in [0.2, 0.25) is 0 Å². The van der Waals surface area contributed by atoms with Crippen LogP contribution in [0.15, 0.2) is 6.33 Å². The van der Waals surface area contributed by atoms with Crippen molar-refractivity contribution < 1.29 is 9.53 Å². The average molecular weight is 198 g/mol. The highest BCUT2D eigenvalue weighted by Crippen LogP contribution is 1.96. The fourth-order valence-corrected chi connectivity index (χ4v) is 1.04. The molecule has 0 saturated carbocycles. The van der Waals surface area contributed by atoms with Crippen molar-refractivity contribution in [3.8, 4) is 0 Å². The number of hydrogen-bond acceptors (Lipinski definition) is 5. The van der Waals surface area contributed by atoms with E-state index in [9.17, 15) is 4.79 Å². The monoisotopic (exact) mass is 198 g/mol. The fraction of sp³-hybridized carbons (Fsp3) is 0.625. The zero-order chi connectivity index (χ0) is 10.6. The SMILES string of the molecule is COCC(N)C(=O)Cc1ncnn1C. The molecule has 0 aliphatic rings. The summed E-state index contributed by atoms with van der Waals surface area (Å²) in [5, 5.41) is 3.86. The molecular weight excluding hydrogens is 184 g/mol. The van der Waals surface area contributed by atoms with Gasteiger partial charge in [-0.15, -0.1) is 0 Å². The number of ketones is 1. The van der Waals surface area contributed by atoms with Crippen LogP contribution in [0.2, 0.25) is 0 Å².